The van der Waals surface area contributed by atoms with Crippen LogP contribution in [0, 0.1) is 23.7 Å². The predicted octanol–water partition coefficient (Wildman–Crippen LogP) is 8.79. The van der Waals surface area contributed by atoms with Crippen molar-refractivity contribution < 1.29 is 0 Å². The first-order chi connectivity index (χ1) is 18.9. The second kappa shape index (κ2) is 10.7. The van der Waals surface area contributed by atoms with Gasteiger partial charge in [-0.1, -0.05) is 83.9 Å². The van der Waals surface area contributed by atoms with E-state index in [1.807, 2.05) is 24.5 Å². The first-order valence-corrected chi connectivity index (χ1v) is 21.1. The number of rotatable bonds is 7. The Morgan fingerprint density at radius 3 is 1.80 bits per heavy atom. The standard InChI is InChI=1S/C35H48N2P2Si/c1-34(2,3)39(33-27-18-24-17-25(20-27)21-28(33)19-24)23-26-13-14-29(40(4,5)6)22-30(26)35(38,31-11-7-9-15-36-31)32-12-8-10-16-37-32/h7-16,22,24-25,27-28,33H,17-21,23,38H2,1-6H3. The van der Waals surface area contributed by atoms with Gasteiger partial charge in [0.1, 0.15) is 0 Å². The Bertz CT molecular complexity index is 1260. The van der Waals surface area contributed by atoms with Gasteiger partial charge in [-0.05, 0) is 108 Å². The SMILES string of the molecule is CC(C)(C)P(Cc1ccc([Si](C)(C)C)cc1C(P)(c1ccccn1)c1ccccn1)C1C2CC3CC(C2)CC1C3. The molecule has 7 rings (SSSR count). The second-order valence-electron chi connectivity index (χ2n) is 15.1. The number of benzene rings is 1. The van der Waals surface area contributed by atoms with Crippen LogP contribution in [0.1, 0.15) is 75.4 Å². The van der Waals surface area contributed by atoms with E-state index in [1.165, 1.54) is 54.6 Å². The molecule has 2 nitrogen and oxygen atoms in total. The lowest BCUT2D eigenvalue weighted by Crippen LogP contribution is -2.49. The Kier molecular flexibility index (Phi) is 7.68. The van der Waals surface area contributed by atoms with Crippen molar-refractivity contribution in [3.63, 3.8) is 0 Å². The molecule has 3 aromatic rings. The van der Waals surface area contributed by atoms with Crippen molar-refractivity contribution in [1.82, 2.24) is 9.97 Å². The molecule has 40 heavy (non-hydrogen) atoms. The Morgan fingerprint density at radius 1 is 0.800 bits per heavy atom. The third kappa shape index (κ3) is 5.29. The highest BCUT2D eigenvalue weighted by Crippen LogP contribution is 2.68. The molecule has 0 spiro atoms. The van der Waals surface area contributed by atoms with Crippen LogP contribution in [0.3, 0.4) is 0 Å². The average Bonchev–Trinajstić information content (AvgIpc) is 2.91. The van der Waals surface area contributed by atoms with Gasteiger partial charge in [0.25, 0.3) is 0 Å². The van der Waals surface area contributed by atoms with E-state index in [0.717, 1.165) is 40.7 Å². The van der Waals surface area contributed by atoms with E-state index in [1.54, 1.807) is 0 Å². The fraction of sp³-hybridized carbons (Fsp3) is 0.543. The lowest BCUT2D eigenvalue weighted by molar-refractivity contribution is 0.0242. The summed E-state index contributed by atoms with van der Waals surface area (Å²) >= 11 is 0. The molecule has 0 N–H and O–H groups in total. The zero-order valence-corrected chi connectivity index (χ0v) is 28.4. The van der Waals surface area contributed by atoms with Crippen LogP contribution in [0.15, 0.2) is 67.0 Å². The zero-order chi connectivity index (χ0) is 28.3. The molecule has 2 atom stereocenters. The molecule has 4 aliphatic carbocycles. The van der Waals surface area contributed by atoms with Crippen LogP contribution in [0.2, 0.25) is 19.6 Å². The van der Waals surface area contributed by atoms with Crippen molar-refractivity contribution in [3.05, 3.63) is 89.5 Å². The van der Waals surface area contributed by atoms with Crippen molar-refractivity contribution in [2.75, 3.05) is 0 Å². The smallest absolute Gasteiger partial charge is 0.0935 e. The molecule has 1 aromatic carbocycles. The summed E-state index contributed by atoms with van der Waals surface area (Å²) in [6.07, 6.45) is 12.6. The zero-order valence-electron chi connectivity index (χ0n) is 25.4. The van der Waals surface area contributed by atoms with Gasteiger partial charge < -0.3 is 0 Å². The summed E-state index contributed by atoms with van der Waals surface area (Å²) in [5.74, 6) is 3.96. The van der Waals surface area contributed by atoms with E-state index in [2.05, 4.69) is 92.1 Å². The third-order valence-corrected chi connectivity index (χ3v) is 17.2. The van der Waals surface area contributed by atoms with E-state index in [0.29, 0.717) is 5.16 Å². The summed E-state index contributed by atoms with van der Waals surface area (Å²) in [5.41, 5.74) is 5.94. The minimum atomic E-state index is -1.54. The Balaban J connectivity index is 1.50. The first-order valence-electron chi connectivity index (χ1n) is 15.5. The molecule has 4 bridgehead atoms. The van der Waals surface area contributed by atoms with Crippen molar-refractivity contribution in [3.8, 4) is 0 Å². The monoisotopic (exact) mass is 586 g/mol. The molecule has 4 saturated carbocycles. The third-order valence-electron chi connectivity index (χ3n) is 10.3. The summed E-state index contributed by atoms with van der Waals surface area (Å²) in [5, 5.41) is 1.35. The number of aromatic nitrogens is 2. The number of hydrogen-bond donors (Lipinski definition) is 0. The van der Waals surface area contributed by atoms with Gasteiger partial charge in [-0.25, -0.2) is 0 Å². The minimum absolute atomic E-state index is 0.206. The van der Waals surface area contributed by atoms with E-state index in [9.17, 15) is 0 Å². The molecule has 0 saturated heterocycles. The van der Waals surface area contributed by atoms with E-state index < -0.39 is 13.2 Å². The lowest BCUT2D eigenvalue weighted by Gasteiger charge is -2.58. The topological polar surface area (TPSA) is 25.8 Å². The van der Waals surface area contributed by atoms with Gasteiger partial charge in [-0.3, -0.25) is 9.97 Å². The van der Waals surface area contributed by atoms with E-state index in [4.69, 9.17) is 9.97 Å². The van der Waals surface area contributed by atoms with Crippen molar-refractivity contribution in [2.45, 2.75) is 94.6 Å². The Labute approximate surface area is 247 Å². The maximum atomic E-state index is 4.97. The number of pyridine rings is 2. The first kappa shape index (κ1) is 28.7. The van der Waals surface area contributed by atoms with Gasteiger partial charge in [-0.15, -0.1) is 9.24 Å². The maximum Gasteiger partial charge on any atom is 0.0935 e. The van der Waals surface area contributed by atoms with Crippen molar-refractivity contribution in [1.29, 1.82) is 0 Å². The van der Waals surface area contributed by atoms with Crippen LogP contribution in [0.25, 0.3) is 0 Å². The number of nitrogens with zero attached hydrogens (tertiary/aromatic N) is 2. The van der Waals surface area contributed by atoms with E-state index in [-0.39, 0.29) is 7.92 Å². The summed E-state index contributed by atoms with van der Waals surface area (Å²) in [4.78, 5) is 9.94. The van der Waals surface area contributed by atoms with Gasteiger partial charge in [-0.2, -0.15) is 0 Å². The quantitative estimate of drug-likeness (QED) is 0.204. The summed E-state index contributed by atoms with van der Waals surface area (Å²) < 4.78 is 0. The van der Waals surface area contributed by atoms with E-state index >= 15 is 0 Å². The second-order valence-corrected chi connectivity index (χ2v) is 24.2. The van der Waals surface area contributed by atoms with Crippen molar-refractivity contribution >= 4 is 30.4 Å². The summed E-state index contributed by atoms with van der Waals surface area (Å²) in [6.45, 7) is 15.0. The maximum absolute atomic E-state index is 4.97. The lowest BCUT2D eigenvalue weighted by atomic mass is 9.56. The highest BCUT2D eigenvalue weighted by atomic mass is 31.1. The van der Waals surface area contributed by atoms with Crippen LogP contribution in [0.5, 0.6) is 0 Å². The molecule has 0 radical (unpaired) electrons. The van der Waals surface area contributed by atoms with Gasteiger partial charge in [0, 0.05) is 12.4 Å². The Morgan fingerprint density at radius 2 is 1.35 bits per heavy atom. The summed E-state index contributed by atoms with van der Waals surface area (Å²) in [7, 11) is 1.51. The number of hydrogen-bond acceptors (Lipinski definition) is 2. The van der Waals surface area contributed by atoms with Crippen LogP contribution in [-0.4, -0.2) is 28.9 Å². The normalized spacial score (nSPS) is 27.1. The molecule has 5 heteroatoms. The molecule has 4 fully saturated rings. The Hall–Kier alpha value is -1.40. The molecule has 2 heterocycles. The highest BCUT2D eigenvalue weighted by molar-refractivity contribution is 7.59. The molecule has 0 amide bonds. The van der Waals surface area contributed by atoms with Gasteiger partial charge in [0.05, 0.1) is 24.6 Å². The molecule has 2 aromatic heterocycles. The molecule has 212 valence electrons. The van der Waals surface area contributed by atoms with Crippen LogP contribution in [0.4, 0.5) is 0 Å². The largest absolute Gasteiger partial charge is 0.260 e. The molecular weight excluding hydrogens is 538 g/mol. The van der Waals surface area contributed by atoms with Crippen molar-refractivity contribution in [2.24, 2.45) is 23.7 Å². The molecule has 4 aliphatic rings. The van der Waals surface area contributed by atoms with Gasteiger partial charge in [0.2, 0.25) is 0 Å². The average molecular weight is 587 g/mol. The van der Waals surface area contributed by atoms with Crippen LogP contribution >= 0.6 is 17.2 Å². The fourth-order valence-corrected chi connectivity index (χ4v) is 14.0. The van der Waals surface area contributed by atoms with Gasteiger partial charge in [0.15, 0.2) is 0 Å². The predicted molar refractivity (Wildman–Crippen MR) is 179 cm³/mol. The minimum Gasteiger partial charge on any atom is -0.260 e. The molecule has 2 unspecified atom stereocenters. The molecule has 0 aliphatic heterocycles. The van der Waals surface area contributed by atoms with Crippen LogP contribution in [-0.2, 0) is 11.3 Å². The van der Waals surface area contributed by atoms with Crippen LogP contribution < -0.4 is 5.19 Å². The molecular formula is C35H48N2P2Si. The highest BCUT2D eigenvalue weighted by Gasteiger charge is 2.52. The fourth-order valence-electron chi connectivity index (χ4n) is 8.53. The van der Waals surface area contributed by atoms with Gasteiger partial charge >= 0.3 is 0 Å². The summed E-state index contributed by atoms with van der Waals surface area (Å²) in [6, 6.07) is 20.2.